The molecule has 0 aromatic rings. The number of carbonyl (C=O) groups excluding carboxylic acids is 1. The third-order valence-electron chi connectivity index (χ3n) is 2.02. The summed E-state index contributed by atoms with van der Waals surface area (Å²) in [6, 6.07) is 0.367. The molecule has 0 aromatic heterocycles. The lowest BCUT2D eigenvalue weighted by Gasteiger charge is -2.28. The molecule has 1 saturated heterocycles. The highest BCUT2D eigenvalue weighted by Crippen LogP contribution is 2.14. The molecule has 4 heteroatoms. The Bertz CT molecular complexity index is 163. The molecule has 1 fully saturated rings. The lowest BCUT2D eigenvalue weighted by molar-refractivity contribution is -0.142. The van der Waals surface area contributed by atoms with Gasteiger partial charge in [-0.15, -0.1) is 0 Å². The van der Waals surface area contributed by atoms with E-state index in [2.05, 4.69) is 17.0 Å². The third kappa shape index (κ3) is 2.38. The largest absolute Gasteiger partial charge is 0.468 e. The minimum absolute atomic E-state index is 0.0984. The fourth-order valence-corrected chi connectivity index (χ4v) is 2.44. The van der Waals surface area contributed by atoms with Gasteiger partial charge in [-0.2, -0.15) is 11.8 Å². The summed E-state index contributed by atoms with van der Waals surface area (Å²) in [5, 5.41) is 3.26. The molecule has 0 aliphatic carbocycles. The van der Waals surface area contributed by atoms with Crippen molar-refractivity contribution in [2.24, 2.45) is 0 Å². The number of rotatable bonds is 2. The summed E-state index contributed by atoms with van der Waals surface area (Å²) in [7, 11) is 1.43. The molecule has 0 saturated carbocycles. The molecule has 0 unspecified atom stereocenters. The van der Waals surface area contributed by atoms with Crippen molar-refractivity contribution in [2.75, 3.05) is 18.6 Å². The van der Waals surface area contributed by atoms with Gasteiger partial charge in [0.25, 0.3) is 0 Å². The molecule has 0 amide bonds. The summed E-state index contributed by atoms with van der Waals surface area (Å²) in [6.45, 7) is 2.12. The summed E-state index contributed by atoms with van der Waals surface area (Å²) >= 11 is 1.82. The predicted molar refractivity (Wildman–Crippen MR) is 50.3 cm³/mol. The normalized spacial score (nSPS) is 29.8. The van der Waals surface area contributed by atoms with Gasteiger partial charge in [0.2, 0.25) is 0 Å². The molecule has 0 bridgehead atoms. The Hall–Kier alpha value is -0.220. The van der Waals surface area contributed by atoms with Gasteiger partial charge in [-0.3, -0.25) is 4.79 Å². The first-order valence-electron chi connectivity index (χ1n) is 4.19. The molecule has 1 aliphatic rings. The van der Waals surface area contributed by atoms with Crippen LogP contribution in [0.15, 0.2) is 0 Å². The van der Waals surface area contributed by atoms with Crippen molar-refractivity contribution in [1.29, 1.82) is 0 Å². The van der Waals surface area contributed by atoms with Gasteiger partial charge in [0, 0.05) is 17.5 Å². The van der Waals surface area contributed by atoms with Crippen LogP contribution in [0.1, 0.15) is 13.3 Å². The molecule has 70 valence electrons. The Morgan fingerprint density at radius 2 is 2.42 bits per heavy atom. The zero-order valence-electron chi connectivity index (χ0n) is 7.50. The smallest absolute Gasteiger partial charge is 0.323 e. The maximum atomic E-state index is 11.1. The van der Waals surface area contributed by atoms with Crippen molar-refractivity contribution in [1.82, 2.24) is 5.32 Å². The number of carbonyl (C=O) groups is 1. The van der Waals surface area contributed by atoms with Gasteiger partial charge in [-0.05, 0) is 6.42 Å². The number of esters is 1. The van der Waals surface area contributed by atoms with Crippen LogP contribution in [0.3, 0.4) is 0 Å². The minimum Gasteiger partial charge on any atom is -0.468 e. The lowest BCUT2D eigenvalue weighted by atomic mass is 10.2. The predicted octanol–water partition coefficient (Wildman–Crippen LogP) is 0.643. The van der Waals surface area contributed by atoms with Gasteiger partial charge < -0.3 is 10.1 Å². The second-order valence-corrected chi connectivity index (χ2v) is 3.96. The van der Waals surface area contributed by atoms with Gasteiger partial charge in [0.1, 0.15) is 6.04 Å². The summed E-state index contributed by atoms with van der Waals surface area (Å²) < 4.78 is 4.67. The van der Waals surface area contributed by atoms with Crippen LogP contribution in [0, 0.1) is 0 Å². The Morgan fingerprint density at radius 3 is 3.00 bits per heavy atom. The molecular weight excluding hydrogens is 174 g/mol. The van der Waals surface area contributed by atoms with Gasteiger partial charge >= 0.3 is 5.97 Å². The molecule has 2 atom stereocenters. The van der Waals surface area contributed by atoms with Crippen LogP contribution < -0.4 is 5.32 Å². The highest BCUT2D eigenvalue weighted by atomic mass is 32.2. The van der Waals surface area contributed by atoms with Crippen LogP contribution in [-0.2, 0) is 9.53 Å². The average Bonchev–Trinajstić information content (AvgIpc) is 2.17. The molecule has 0 aromatic carbocycles. The molecule has 0 radical (unpaired) electrons. The van der Waals surface area contributed by atoms with Gasteiger partial charge in [-0.25, -0.2) is 0 Å². The Balaban J connectivity index is 2.40. The molecule has 1 aliphatic heterocycles. The zero-order valence-corrected chi connectivity index (χ0v) is 8.32. The van der Waals surface area contributed by atoms with E-state index in [1.807, 2.05) is 11.8 Å². The van der Waals surface area contributed by atoms with Crippen LogP contribution in [0.5, 0.6) is 0 Å². The fourth-order valence-electron chi connectivity index (χ4n) is 1.22. The van der Waals surface area contributed by atoms with Crippen molar-refractivity contribution in [3.8, 4) is 0 Å². The first-order valence-corrected chi connectivity index (χ1v) is 5.35. The maximum absolute atomic E-state index is 11.1. The zero-order chi connectivity index (χ0) is 8.97. The Labute approximate surface area is 77.2 Å². The number of hydrogen-bond donors (Lipinski definition) is 1. The van der Waals surface area contributed by atoms with Crippen molar-refractivity contribution >= 4 is 17.7 Å². The van der Waals surface area contributed by atoms with Crippen molar-refractivity contribution in [3.05, 3.63) is 0 Å². The number of thioether (sulfide) groups is 1. The second kappa shape index (κ2) is 4.72. The van der Waals surface area contributed by atoms with Crippen molar-refractivity contribution in [2.45, 2.75) is 25.4 Å². The highest BCUT2D eigenvalue weighted by molar-refractivity contribution is 7.99. The average molecular weight is 189 g/mol. The van der Waals surface area contributed by atoms with Crippen LogP contribution in [0.25, 0.3) is 0 Å². The van der Waals surface area contributed by atoms with Gasteiger partial charge in [0.15, 0.2) is 0 Å². The highest BCUT2D eigenvalue weighted by Gasteiger charge is 2.26. The molecule has 3 nitrogen and oxygen atoms in total. The summed E-state index contributed by atoms with van der Waals surface area (Å²) in [4.78, 5) is 11.1. The number of ether oxygens (including phenoxy) is 1. The van der Waals surface area contributed by atoms with Crippen molar-refractivity contribution < 1.29 is 9.53 Å². The number of methoxy groups -OCH3 is 1. The molecule has 1 N–H and O–H groups in total. The van der Waals surface area contributed by atoms with Gasteiger partial charge in [-0.1, -0.05) is 6.92 Å². The summed E-state index contributed by atoms with van der Waals surface area (Å²) in [5.74, 6) is 1.80. The van der Waals surface area contributed by atoms with E-state index in [-0.39, 0.29) is 12.0 Å². The molecule has 1 heterocycles. The monoisotopic (exact) mass is 189 g/mol. The van der Waals surface area contributed by atoms with Crippen LogP contribution in [-0.4, -0.2) is 36.7 Å². The van der Waals surface area contributed by atoms with E-state index in [4.69, 9.17) is 0 Å². The van der Waals surface area contributed by atoms with E-state index in [9.17, 15) is 4.79 Å². The fraction of sp³-hybridized carbons (Fsp3) is 0.875. The third-order valence-corrected chi connectivity index (χ3v) is 3.23. The molecule has 12 heavy (non-hydrogen) atoms. The molecule has 0 spiro atoms. The standard InChI is InChI=1S/C8H15NO2S/c1-3-6-4-12-5-7(9-6)8(10)11-2/h6-7,9H,3-5H2,1-2H3/t6-,7-/m1/s1. The topological polar surface area (TPSA) is 38.3 Å². The second-order valence-electron chi connectivity index (χ2n) is 2.89. The SMILES string of the molecule is CC[C@@H]1CSC[C@H](C(=O)OC)N1. The van der Waals surface area contributed by atoms with E-state index in [0.717, 1.165) is 17.9 Å². The van der Waals surface area contributed by atoms with Crippen LogP contribution in [0.2, 0.25) is 0 Å². The lowest BCUT2D eigenvalue weighted by Crippen LogP contribution is -2.49. The van der Waals surface area contributed by atoms with Crippen LogP contribution in [0.4, 0.5) is 0 Å². The number of nitrogens with one attached hydrogen (secondary N) is 1. The molecule has 1 rings (SSSR count). The number of hydrogen-bond acceptors (Lipinski definition) is 4. The van der Waals surface area contributed by atoms with E-state index >= 15 is 0 Å². The van der Waals surface area contributed by atoms with E-state index in [1.54, 1.807) is 0 Å². The minimum atomic E-state index is -0.138. The maximum Gasteiger partial charge on any atom is 0.323 e. The van der Waals surface area contributed by atoms with Crippen molar-refractivity contribution in [3.63, 3.8) is 0 Å². The van der Waals surface area contributed by atoms with E-state index < -0.39 is 0 Å². The quantitative estimate of drug-likeness (QED) is 0.647. The van der Waals surface area contributed by atoms with E-state index in [1.165, 1.54) is 7.11 Å². The van der Waals surface area contributed by atoms with Gasteiger partial charge in [0.05, 0.1) is 7.11 Å². The Morgan fingerprint density at radius 1 is 1.67 bits per heavy atom. The Kier molecular flexibility index (Phi) is 3.88. The van der Waals surface area contributed by atoms with E-state index in [0.29, 0.717) is 6.04 Å². The van der Waals surface area contributed by atoms with Crippen LogP contribution >= 0.6 is 11.8 Å². The molecular formula is C8H15NO2S. The summed E-state index contributed by atoms with van der Waals surface area (Å²) in [5.41, 5.74) is 0. The first-order chi connectivity index (χ1) is 5.77. The first kappa shape index (κ1) is 9.86. The summed E-state index contributed by atoms with van der Waals surface area (Å²) in [6.07, 6.45) is 1.07.